The fourth-order valence-electron chi connectivity index (χ4n) is 2.04. The van der Waals surface area contributed by atoms with E-state index in [-0.39, 0.29) is 17.1 Å². The molecule has 2 aromatic carbocycles. The molecule has 0 heterocycles. The normalized spacial score (nSPS) is 11.3. The Kier molecular flexibility index (Phi) is 4.33. The van der Waals surface area contributed by atoms with E-state index in [2.05, 4.69) is 5.32 Å². The summed E-state index contributed by atoms with van der Waals surface area (Å²) in [7, 11) is 0. The van der Waals surface area contributed by atoms with Gasteiger partial charge in [0.25, 0.3) is 5.91 Å². The summed E-state index contributed by atoms with van der Waals surface area (Å²) < 4.78 is 14.1. The molecule has 0 bridgehead atoms. The Hall–Kier alpha value is -1.87. The molecule has 21 heavy (non-hydrogen) atoms. The van der Waals surface area contributed by atoms with Gasteiger partial charge in [-0.2, -0.15) is 0 Å². The molecular weight excluding hydrogens is 289 g/mol. The first kappa shape index (κ1) is 15.5. The summed E-state index contributed by atoms with van der Waals surface area (Å²) in [5.41, 5.74) is 1.10. The minimum absolute atomic E-state index is 0.282. The first-order valence-electron chi connectivity index (χ1n) is 6.65. The van der Waals surface area contributed by atoms with Crippen LogP contribution in [0.4, 0.5) is 10.1 Å². The molecule has 4 heteroatoms. The van der Waals surface area contributed by atoms with Crippen molar-refractivity contribution in [1.82, 2.24) is 0 Å². The number of hydrogen-bond acceptors (Lipinski definition) is 1. The Labute approximate surface area is 128 Å². The summed E-state index contributed by atoms with van der Waals surface area (Å²) >= 11 is 5.97. The number of amides is 1. The zero-order valence-electron chi connectivity index (χ0n) is 12.2. The summed E-state index contributed by atoms with van der Waals surface area (Å²) in [6, 6.07) is 11.4. The number of rotatable bonds is 2. The number of carbonyl (C=O) groups excluding carboxylic acids is 1. The van der Waals surface area contributed by atoms with Gasteiger partial charge in [0.1, 0.15) is 5.82 Å². The van der Waals surface area contributed by atoms with E-state index in [0.717, 1.165) is 0 Å². The third-order valence-corrected chi connectivity index (χ3v) is 3.48. The highest BCUT2D eigenvalue weighted by Crippen LogP contribution is 2.27. The predicted molar refractivity (Wildman–Crippen MR) is 84.5 cm³/mol. The van der Waals surface area contributed by atoms with Gasteiger partial charge in [-0.15, -0.1) is 0 Å². The van der Waals surface area contributed by atoms with Crippen LogP contribution in [-0.2, 0) is 5.41 Å². The highest BCUT2D eigenvalue weighted by atomic mass is 35.5. The van der Waals surface area contributed by atoms with Crippen LogP contribution in [0.5, 0.6) is 0 Å². The molecule has 0 saturated heterocycles. The molecule has 0 atom stereocenters. The fraction of sp³-hybridized carbons (Fsp3) is 0.235. The van der Waals surface area contributed by atoms with E-state index in [0.29, 0.717) is 21.8 Å². The van der Waals surface area contributed by atoms with Crippen LogP contribution < -0.4 is 5.32 Å². The van der Waals surface area contributed by atoms with Gasteiger partial charge in [-0.3, -0.25) is 4.79 Å². The molecule has 0 spiro atoms. The van der Waals surface area contributed by atoms with Gasteiger partial charge in [0, 0.05) is 5.69 Å². The Morgan fingerprint density at radius 1 is 1.14 bits per heavy atom. The van der Waals surface area contributed by atoms with Crippen molar-refractivity contribution in [2.45, 2.75) is 26.2 Å². The molecule has 2 rings (SSSR count). The third kappa shape index (κ3) is 3.61. The lowest BCUT2D eigenvalue weighted by Gasteiger charge is -2.20. The maximum absolute atomic E-state index is 14.1. The third-order valence-electron chi connectivity index (χ3n) is 3.15. The van der Waals surface area contributed by atoms with Gasteiger partial charge < -0.3 is 5.32 Å². The van der Waals surface area contributed by atoms with Gasteiger partial charge in [-0.25, -0.2) is 4.39 Å². The number of nitrogens with one attached hydrogen (secondary N) is 1. The Morgan fingerprint density at radius 2 is 1.81 bits per heavy atom. The van der Waals surface area contributed by atoms with E-state index in [1.165, 1.54) is 6.07 Å². The largest absolute Gasteiger partial charge is 0.322 e. The SMILES string of the molecule is CC(C)(C)c1ccc(NC(=O)c2ccccc2Cl)cc1F. The lowest BCUT2D eigenvalue weighted by molar-refractivity contribution is 0.102. The number of hydrogen-bond donors (Lipinski definition) is 1. The number of carbonyl (C=O) groups is 1. The second-order valence-electron chi connectivity index (χ2n) is 5.88. The van der Waals surface area contributed by atoms with Crippen molar-refractivity contribution in [3.05, 3.63) is 64.4 Å². The molecule has 110 valence electrons. The van der Waals surface area contributed by atoms with Crippen LogP contribution in [0.2, 0.25) is 5.02 Å². The summed E-state index contributed by atoms with van der Waals surface area (Å²) in [5.74, 6) is -0.692. The predicted octanol–water partition coefficient (Wildman–Crippen LogP) is 5.03. The van der Waals surface area contributed by atoms with Crippen LogP contribution in [0.25, 0.3) is 0 Å². The van der Waals surface area contributed by atoms with Crippen molar-refractivity contribution in [2.24, 2.45) is 0 Å². The van der Waals surface area contributed by atoms with Gasteiger partial charge in [0.05, 0.1) is 10.6 Å². The van der Waals surface area contributed by atoms with Crippen molar-refractivity contribution in [2.75, 3.05) is 5.32 Å². The smallest absolute Gasteiger partial charge is 0.257 e. The quantitative estimate of drug-likeness (QED) is 0.828. The maximum Gasteiger partial charge on any atom is 0.257 e. The molecule has 0 aliphatic heterocycles. The van der Waals surface area contributed by atoms with Gasteiger partial charge in [-0.1, -0.05) is 50.6 Å². The monoisotopic (exact) mass is 305 g/mol. The van der Waals surface area contributed by atoms with Crippen molar-refractivity contribution < 1.29 is 9.18 Å². The summed E-state index contributed by atoms with van der Waals surface area (Å²) in [4.78, 5) is 12.1. The minimum atomic E-state index is -0.358. The van der Waals surface area contributed by atoms with Crippen molar-refractivity contribution in [3.63, 3.8) is 0 Å². The summed E-state index contributed by atoms with van der Waals surface area (Å²) in [5, 5.41) is 3.02. The first-order valence-corrected chi connectivity index (χ1v) is 7.03. The van der Waals surface area contributed by atoms with Crippen LogP contribution in [0.1, 0.15) is 36.7 Å². The minimum Gasteiger partial charge on any atom is -0.322 e. The lowest BCUT2D eigenvalue weighted by Crippen LogP contribution is -2.15. The van der Waals surface area contributed by atoms with E-state index >= 15 is 0 Å². The molecule has 0 aliphatic carbocycles. The van der Waals surface area contributed by atoms with Crippen molar-refractivity contribution in [1.29, 1.82) is 0 Å². The molecule has 0 aliphatic rings. The van der Waals surface area contributed by atoms with E-state index in [4.69, 9.17) is 11.6 Å². The molecule has 1 N–H and O–H groups in total. The molecule has 2 nitrogen and oxygen atoms in total. The zero-order valence-corrected chi connectivity index (χ0v) is 13.0. The lowest BCUT2D eigenvalue weighted by atomic mass is 9.86. The Morgan fingerprint density at radius 3 is 2.38 bits per heavy atom. The molecule has 0 aromatic heterocycles. The molecular formula is C17H17ClFNO. The molecule has 0 saturated carbocycles. The van der Waals surface area contributed by atoms with Crippen molar-refractivity contribution >= 4 is 23.2 Å². The zero-order chi connectivity index (χ0) is 15.6. The number of benzene rings is 2. The maximum atomic E-state index is 14.1. The fourth-order valence-corrected chi connectivity index (χ4v) is 2.27. The van der Waals surface area contributed by atoms with Crippen molar-refractivity contribution in [3.8, 4) is 0 Å². The second kappa shape index (κ2) is 5.86. The van der Waals surface area contributed by atoms with Crippen LogP contribution in [0.15, 0.2) is 42.5 Å². The summed E-state index contributed by atoms with van der Waals surface area (Å²) in [6.45, 7) is 5.81. The molecule has 0 radical (unpaired) electrons. The van der Waals surface area contributed by atoms with Crippen LogP contribution in [-0.4, -0.2) is 5.91 Å². The highest BCUT2D eigenvalue weighted by Gasteiger charge is 2.19. The highest BCUT2D eigenvalue weighted by molar-refractivity contribution is 6.34. The van der Waals surface area contributed by atoms with Crippen LogP contribution >= 0.6 is 11.6 Å². The van der Waals surface area contributed by atoms with E-state index in [1.807, 2.05) is 20.8 Å². The van der Waals surface area contributed by atoms with E-state index in [1.54, 1.807) is 36.4 Å². The number of anilines is 1. The van der Waals surface area contributed by atoms with E-state index in [9.17, 15) is 9.18 Å². The van der Waals surface area contributed by atoms with E-state index < -0.39 is 0 Å². The molecule has 2 aromatic rings. The average Bonchev–Trinajstić information content (AvgIpc) is 2.37. The van der Waals surface area contributed by atoms with Gasteiger partial charge >= 0.3 is 0 Å². The van der Waals surface area contributed by atoms with Gasteiger partial charge in [0.15, 0.2) is 0 Å². The first-order chi connectivity index (χ1) is 9.79. The van der Waals surface area contributed by atoms with Crippen LogP contribution in [0.3, 0.4) is 0 Å². The second-order valence-corrected chi connectivity index (χ2v) is 6.29. The topological polar surface area (TPSA) is 29.1 Å². The standard InChI is InChI=1S/C17H17ClFNO/c1-17(2,3)13-9-8-11(10-15(13)19)20-16(21)12-6-4-5-7-14(12)18/h4-10H,1-3H3,(H,20,21). The molecule has 1 amide bonds. The molecule has 0 unspecified atom stereocenters. The van der Waals surface area contributed by atoms with Crippen LogP contribution in [0, 0.1) is 5.82 Å². The Balaban J connectivity index is 2.23. The molecule has 0 fully saturated rings. The van der Waals surface area contributed by atoms with Gasteiger partial charge in [-0.05, 0) is 35.2 Å². The Bertz CT molecular complexity index is 677. The average molecular weight is 306 g/mol. The summed E-state index contributed by atoms with van der Waals surface area (Å²) in [6.07, 6.45) is 0. The van der Waals surface area contributed by atoms with Gasteiger partial charge in [0.2, 0.25) is 0 Å². The number of halogens is 2.